The Hall–Kier alpha value is -1.09. The summed E-state index contributed by atoms with van der Waals surface area (Å²) in [4.78, 5) is 0. The van der Waals surface area contributed by atoms with E-state index in [4.69, 9.17) is 10.5 Å². The minimum Gasteiger partial charge on any atom is -0.399 e. The quantitative estimate of drug-likeness (QED) is 0.843. The molecule has 110 valence electrons. The predicted molar refractivity (Wildman–Crippen MR) is 78.6 cm³/mol. The Balaban J connectivity index is 1.71. The zero-order valence-corrected chi connectivity index (χ0v) is 12.6. The van der Waals surface area contributed by atoms with Gasteiger partial charge in [-0.05, 0) is 59.8 Å². The van der Waals surface area contributed by atoms with E-state index in [2.05, 4.69) is 20.8 Å². The molecule has 2 bridgehead atoms. The molecule has 0 amide bonds. The maximum Gasteiger partial charge on any atom is 0.125 e. The zero-order valence-electron chi connectivity index (χ0n) is 12.6. The summed E-state index contributed by atoms with van der Waals surface area (Å²) in [6.45, 7) is 7.54. The van der Waals surface area contributed by atoms with Crippen molar-refractivity contribution in [2.24, 2.45) is 16.7 Å². The Kier molecular flexibility index (Phi) is 3.09. The largest absolute Gasteiger partial charge is 0.399 e. The van der Waals surface area contributed by atoms with Crippen LogP contribution in [0.2, 0.25) is 0 Å². The lowest BCUT2D eigenvalue weighted by Crippen LogP contribution is -2.37. The minimum absolute atomic E-state index is 0.247. The van der Waals surface area contributed by atoms with Crippen LogP contribution >= 0.6 is 0 Å². The number of benzene rings is 1. The van der Waals surface area contributed by atoms with E-state index in [0.717, 1.165) is 17.9 Å². The molecule has 0 saturated heterocycles. The number of hydrogen-bond acceptors (Lipinski definition) is 2. The van der Waals surface area contributed by atoms with Gasteiger partial charge in [-0.2, -0.15) is 0 Å². The highest BCUT2D eigenvalue weighted by molar-refractivity contribution is 5.41. The fourth-order valence-corrected chi connectivity index (χ4v) is 4.34. The van der Waals surface area contributed by atoms with Crippen LogP contribution < -0.4 is 5.73 Å². The second-order valence-corrected chi connectivity index (χ2v) is 7.30. The van der Waals surface area contributed by atoms with Crippen molar-refractivity contribution >= 4 is 5.69 Å². The van der Waals surface area contributed by atoms with Crippen molar-refractivity contribution in [1.29, 1.82) is 0 Å². The molecule has 0 heterocycles. The standard InChI is InChI=1S/C17H24FNO/c1-16(2)12-4-5-17(16,3)15(8-12)20-10-11-6-13(18)9-14(19)7-11/h6-7,9,12,15H,4-5,8,10,19H2,1-3H3. The van der Waals surface area contributed by atoms with Gasteiger partial charge in [0.05, 0.1) is 12.7 Å². The Labute approximate surface area is 120 Å². The summed E-state index contributed by atoms with van der Waals surface area (Å²) in [5.41, 5.74) is 7.56. The number of nitrogen functional groups attached to an aromatic ring is 1. The number of nitrogens with two attached hydrogens (primary N) is 1. The van der Waals surface area contributed by atoms with Crippen molar-refractivity contribution in [2.45, 2.75) is 52.7 Å². The minimum atomic E-state index is -0.289. The summed E-state index contributed by atoms with van der Waals surface area (Å²) in [6, 6.07) is 4.65. The molecular weight excluding hydrogens is 253 g/mol. The fourth-order valence-electron chi connectivity index (χ4n) is 4.34. The first-order valence-corrected chi connectivity index (χ1v) is 7.49. The molecule has 20 heavy (non-hydrogen) atoms. The topological polar surface area (TPSA) is 35.2 Å². The van der Waals surface area contributed by atoms with E-state index in [1.807, 2.05) is 0 Å². The smallest absolute Gasteiger partial charge is 0.125 e. The first-order chi connectivity index (χ1) is 9.33. The maximum atomic E-state index is 13.3. The van der Waals surface area contributed by atoms with Crippen LogP contribution in [-0.4, -0.2) is 6.10 Å². The lowest BCUT2D eigenvalue weighted by atomic mass is 9.70. The molecule has 2 aliphatic carbocycles. The molecule has 1 aromatic rings. The number of anilines is 1. The number of rotatable bonds is 3. The molecule has 3 unspecified atom stereocenters. The number of hydrogen-bond donors (Lipinski definition) is 1. The molecule has 0 aromatic heterocycles. The van der Waals surface area contributed by atoms with Gasteiger partial charge in [-0.25, -0.2) is 4.39 Å². The molecule has 2 saturated carbocycles. The molecule has 2 nitrogen and oxygen atoms in total. The van der Waals surface area contributed by atoms with E-state index >= 15 is 0 Å². The monoisotopic (exact) mass is 277 g/mol. The number of ether oxygens (including phenoxy) is 1. The van der Waals surface area contributed by atoms with Gasteiger partial charge >= 0.3 is 0 Å². The molecular formula is C17H24FNO. The lowest BCUT2D eigenvalue weighted by Gasteiger charge is -2.39. The summed E-state index contributed by atoms with van der Waals surface area (Å²) < 4.78 is 19.5. The van der Waals surface area contributed by atoms with Crippen LogP contribution in [0.25, 0.3) is 0 Å². The van der Waals surface area contributed by atoms with Crippen LogP contribution in [0, 0.1) is 22.6 Å². The van der Waals surface area contributed by atoms with Gasteiger partial charge in [0.2, 0.25) is 0 Å². The van der Waals surface area contributed by atoms with Crippen molar-refractivity contribution in [3.05, 3.63) is 29.6 Å². The summed E-state index contributed by atoms with van der Waals surface area (Å²) >= 11 is 0. The van der Waals surface area contributed by atoms with Gasteiger partial charge in [0.25, 0.3) is 0 Å². The molecule has 2 fully saturated rings. The van der Waals surface area contributed by atoms with Crippen LogP contribution in [0.5, 0.6) is 0 Å². The average Bonchev–Trinajstić information content (AvgIpc) is 2.67. The van der Waals surface area contributed by atoms with Gasteiger partial charge in [-0.1, -0.05) is 20.8 Å². The molecule has 3 heteroatoms. The summed E-state index contributed by atoms with van der Waals surface area (Å²) in [5, 5.41) is 0. The number of halogens is 1. The highest BCUT2D eigenvalue weighted by atomic mass is 19.1. The summed E-state index contributed by atoms with van der Waals surface area (Å²) in [7, 11) is 0. The third kappa shape index (κ3) is 1.95. The van der Waals surface area contributed by atoms with E-state index in [0.29, 0.717) is 17.7 Å². The Morgan fingerprint density at radius 2 is 2.05 bits per heavy atom. The second kappa shape index (κ2) is 4.45. The fraction of sp³-hybridized carbons (Fsp3) is 0.647. The van der Waals surface area contributed by atoms with E-state index in [9.17, 15) is 4.39 Å². The second-order valence-electron chi connectivity index (χ2n) is 7.30. The molecule has 3 rings (SSSR count). The van der Waals surface area contributed by atoms with E-state index in [1.165, 1.54) is 25.0 Å². The summed E-state index contributed by atoms with van der Waals surface area (Å²) in [5.74, 6) is 0.471. The van der Waals surface area contributed by atoms with E-state index in [-0.39, 0.29) is 17.3 Å². The van der Waals surface area contributed by atoms with Crippen LogP contribution in [0.3, 0.4) is 0 Å². The molecule has 2 N–H and O–H groups in total. The third-order valence-electron chi connectivity index (χ3n) is 6.15. The van der Waals surface area contributed by atoms with Crippen molar-refractivity contribution in [3.63, 3.8) is 0 Å². The highest BCUT2D eigenvalue weighted by Crippen LogP contribution is 2.66. The van der Waals surface area contributed by atoms with Gasteiger partial charge in [0.1, 0.15) is 5.82 Å². The average molecular weight is 277 g/mol. The molecule has 0 radical (unpaired) electrons. The molecule has 0 aliphatic heterocycles. The zero-order chi connectivity index (χ0) is 14.5. The van der Waals surface area contributed by atoms with E-state index in [1.54, 1.807) is 6.07 Å². The summed E-state index contributed by atoms with van der Waals surface area (Å²) in [6.07, 6.45) is 3.96. The number of fused-ring (bicyclic) bond motifs is 2. The van der Waals surface area contributed by atoms with Crippen molar-refractivity contribution in [1.82, 2.24) is 0 Å². The molecule has 2 aliphatic rings. The highest BCUT2D eigenvalue weighted by Gasteiger charge is 2.61. The van der Waals surface area contributed by atoms with Crippen LogP contribution in [-0.2, 0) is 11.3 Å². The van der Waals surface area contributed by atoms with Crippen LogP contribution in [0.4, 0.5) is 10.1 Å². The van der Waals surface area contributed by atoms with Gasteiger partial charge < -0.3 is 10.5 Å². The van der Waals surface area contributed by atoms with Gasteiger partial charge in [-0.3, -0.25) is 0 Å². The van der Waals surface area contributed by atoms with Gasteiger partial charge in [0, 0.05) is 5.69 Å². The Morgan fingerprint density at radius 3 is 2.60 bits per heavy atom. The van der Waals surface area contributed by atoms with Crippen molar-refractivity contribution < 1.29 is 9.13 Å². The Morgan fingerprint density at radius 1 is 1.30 bits per heavy atom. The van der Waals surface area contributed by atoms with E-state index < -0.39 is 0 Å². The molecule has 3 atom stereocenters. The van der Waals surface area contributed by atoms with Crippen LogP contribution in [0.1, 0.15) is 45.6 Å². The van der Waals surface area contributed by atoms with Crippen molar-refractivity contribution in [3.8, 4) is 0 Å². The van der Waals surface area contributed by atoms with Gasteiger partial charge in [0.15, 0.2) is 0 Å². The molecule has 0 spiro atoms. The normalized spacial score (nSPS) is 34.6. The maximum absolute atomic E-state index is 13.3. The van der Waals surface area contributed by atoms with Gasteiger partial charge in [-0.15, -0.1) is 0 Å². The van der Waals surface area contributed by atoms with Crippen molar-refractivity contribution in [2.75, 3.05) is 5.73 Å². The van der Waals surface area contributed by atoms with Crippen LogP contribution in [0.15, 0.2) is 18.2 Å². The SMILES string of the molecule is CC1(C)C2CCC1(C)C(OCc1cc(N)cc(F)c1)C2. The first kappa shape index (κ1) is 13.9. The predicted octanol–water partition coefficient (Wildman–Crippen LogP) is 4.14. The molecule has 1 aromatic carbocycles. The lowest BCUT2D eigenvalue weighted by molar-refractivity contribution is -0.0550. The third-order valence-corrected chi connectivity index (χ3v) is 6.15. The first-order valence-electron chi connectivity index (χ1n) is 7.49. The Bertz CT molecular complexity index is 507.